The van der Waals surface area contributed by atoms with Crippen molar-refractivity contribution in [3.8, 4) is 0 Å². The third-order valence-electron chi connectivity index (χ3n) is 4.05. The van der Waals surface area contributed by atoms with E-state index >= 15 is 0 Å². The quantitative estimate of drug-likeness (QED) is 0.760. The Morgan fingerprint density at radius 1 is 1.27 bits per heavy atom. The summed E-state index contributed by atoms with van der Waals surface area (Å²) in [7, 11) is 0. The molecule has 1 N–H and O–H groups in total. The van der Waals surface area contributed by atoms with Gasteiger partial charge in [-0.3, -0.25) is 9.48 Å². The van der Waals surface area contributed by atoms with Gasteiger partial charge in [0.25, 0.3) is 0 Å². The maximum absolute atomic E-state index is 12.1. The average molecular weight is 308 g/mol. The minimum absolute atomic E-state index is 0.0856. The largest absolute Gasteiger partial charge is 0.355 e. The van der Waals surface area contributed by atoms with Crippen LogP contribution < -0.4 is 5.32 Å². The normalized spacial score (nSPS) is 11.5. The van der Waals surface area contributed by atoms with Gasteiger partial charge in [-0.05, 0) is 32.9 Å². The second-order valence-corrected chi connectivity index (χ2v) is 6.28. The summed E-state index contributed by atoms with van der Waals surface area (Å²) in [5, 5.41) is 7.58. The monoisotopic (exact) mass is 308 g/mol. The summed E-state index contributed by atoms with van der Waals surface area (Å²) in [6, 6.07) is 0. The van der Waals surface area contributed by atoms with Crippen LogP contribution in [-0.2, 0) is 17.8 Å². The van der Waals surface area contributed by atoms with Crippen LogP contribution in [0, 0.1) is 19.8 Å². The van der Waals surface area contributed by atoms with Gasteiger partial charge in [-0.2, -0.15) is 5.10 Å². The lowest BCUT2D eigenvalue weighted by Crippen LogP contribution is -2.35. The molecule has 126 valence electrons. The SMILES string of the molecule is CCN(CC)CCNC(=O)Cc1c(C)nn(CC(C)C)c1C. The highest BCUT2D eigenvalue weighted by atomic mass is 16.1. The average Bonchev–Trinajstić information content (AvgIpc) is 2.70. The second kappa shape index (κ2) is 8.93. The van der Waals surface area contributed by atoms with Gasteiger partial charge >= 0.3 is 0 Å². The van der Waals surface area contributed by atoms with E-state index in [4.69, 9.17) is 0 Å². The molecular formula is C17H32N4O. The van der Waals surface area contributed by atoms with Crippen molar-refractivity contribution in [2.45, 2.75) is 54.5 Å². The number of hydrogen-bond acceptors (Lipinski definition) is 3. The topological polar surface area (TPSA) is 50.2 Å². The first kappa shape index (κ1) is 18.7. The number of carbonyl (C=O) groups is 1. The molecule has 0 aliphatic rings. The van der Waals surface area contributed by atoms with Crippen molar-refractivity contribution in [2.75, 3.05) is 26.2 Å². The van der Waals surface area contributed by atoms with Gasteiger partial charge in [-0.25, -0.2) is 0 Å². The zero-order valence-electron chi connectivity index (χ0n) is 15.1. The Bertz CT molecular complexity index is 475. The summed E-state index contributed by atoms with van der Waals surface area (Å²) in [5.74, 6) is 0.635. The van der Waals surface area contributed by atoms with E-state index in [1.165, 1.54) is 0 Å². The van der Waals surface area contributed by atoms with Crippen molar-refractivity contribution < 1.29 is 4.79 Å². The molecule has 1 aromatic rings. The number of aryl methyl sites for hydroxylation is 1. The summed E-state index contributed by atoms with van der Waals surface area (Å²) < 4.78 is 2.03. The fourth-order valence-electron chi connectivity index (χ4n) is 2.63. The van der Waals surface area contributed by atoms with Crippen LogP contribution in [0.3, 0.4) is 0 Å². The second-order valence-electron chi connectivity index (χ2n) is 6.28. The Balaban J connectivity index is 2.56. The van der Waals surface area contributed by atoms with E-state index < -0.39 is 0 Å². The molecule has 0 radical (unpaired) electrons. The summed E-state index contributed by atoms with van der Waals surface area (Å²) in [5.41, 5.74) is 3.16. The fourth-order valence-corrected chi connectivity index (χ4v) is 2.63. The van der Waals surface area contributed by atoms with Crippen LogP contribution in [-0.4, -0.2) is 46.8 Å². The molecule has 5 nitrogen and oxygen atoms in total. The van der Waals surface area contributed by atoms with E-state index in [-0.39, 0.29) is 5.91 Å². The number of likely N-dealkylation sites (N-methyl/N-ethyl adjacent to an activating group) is 1. The van der Waals surface area contributed by atoms with Crippen molar-refractivity contribution in [1.82, 2.24) is 20.0 Å². The van der Waals surface area contributed by atoms with Crippen LogP contribution in [0.5, 0.6) is 0 Å². The maximum Gasteiger partial charge on any atom is 0.224 e. The van der Waals surface area contributed by atoms with E-state index in [0.717, 1.165) is 43.1 Å². The van der Waals surface area contributed by atoms with Gasteiger partial charge in [0, 0.05) is 30.9 Å². The standard InChI is InChI=1S/C17H32N4O/c1-7-20(8-2)10-9-18-17(22)11-16-14(5)19-21(15(16)6)12-13(3)4/h13H,7-12H2,1-6H3,(H,18,22). The molecule has 1 amide bonds. The molecule has 0 spiro atoms. The zero-order valence-corrected chi connectivity index (χ0v) is 15.1. The predicted octanol–water partition coefficient (Wildman–Crippen LogP) is 2.16. The smallest absolute Gasteiger partial charge is 0.224 e. The molecule has 1 heterocycles. The van der Waals surface area contributed by atoms with Gasteiger partial charge in [-0.15, -0.1) is 0 Å². The number of aromatic nitrogens is 2. The lowest BCUT2D eigenvalue weighted by Gasteiger charge is -2.18. The van der Waals surface area contributed by atoms with Gasteiger partial charge in [0.2, 0.25) is 5.91 Å². The molecule has 0 saturated carbocycles. The third kappa shape index (κ3) is 5.44. The Morgan fingerprint density at radius 2 is 1.91 bits per heavy atom. The highest BCUT2D eigenvalue weighted by molar-refractivity contribution is 5.79. The predicted molar refractivity (Wildman–Crippen MR) is 91.0 cm³/mol. The first-order valence-corrected chi connectivity index (χ1v) is 8.40. The summed E-state index contributed by atoms with van der Waals surface area (Å²) in [6.45, 7) is 17.2. The van der Waals surface area contributed by atoms with Crippen molar-refractivity contribution in [2.24, 2.45) is 5.92 Å². The number of amides is 1. The van der Waals surface area contributed by atoms with Crippen molar-refractivity contribution in [3.63, 3.8) is 0 Å². The molecule has 0 bridgehead atoms. The van der Waals surface area contributed by atoms with Gasteiger partial charge in [0.15, 0.2) is 0 Å². The van der Waals surface area contributed by atoms with Crippen LogP contribution in [0.4, 0.5) is 0 Å². The van der Waals surface area contributed by atoms with Gasteiger partial charge < -0.3 is 10.2 Å². The van der Waals surface area contributed by atoms with Gasteiger partial charge in [0.05, 0.1) is 12.1 Å². The van der Waals surface area contributed by atoms with Crippen molar-refractivity contribution >= 4 is 5.91 Å². The molecule has 5 heteroatoms. The number of rotatable bonds is 9. The van der Waals surface area contributed by atoms with Gasteiger partial charge in [0.1, 0.15) is 0 Å². The minimum Gasteiger partial charge on any atom is -0.355 e. The molecule has 1 aromatic heterocycles. The van der Waals surface area contributed by atoms with Crippen LogP contribution in [0.15, 0.2) is 0 Å². The van der Waals surface area contributed by atoms with Crippen LogP contribution in [0.1, 0.15) is 44.6 Å². The van der Waals surface area contributed by atoms with Crippen LogP contribution in [0.25, 0.3) is 0 Å². The lowest BCUT2D eigenvalue weighted by atomic mass is 10.1. The molecule has 0 unspecified atom stereocenters. The summed E-state index contributed by atoms with van der Waals surface area (Å²) in [4.78, 5) is 14.4. The first-order chi connectivity index (χ1) is 10.4. The Morgan fingerprint density at radius 3 is 2.45 bits per heavy atom. The third-order valence-corrected chi connectivity index (χ3v) is 4.05. The number of carbonyl (C=O) groups excluding carboxylic acids is 1. The highest BCUT2D eigenvalue weighted by Crippen LogP contribution is 2.15. The van der Waals surface area contributed by atoms with Crippen LogP contribution in [0.2, 0.25) is 0 Å². The van der Waals surface area contributed by atoms with Crippen LogP contribution >= 0.6 is 0 Å². The van der Waals surface area contributed by atoms with Crippen molar-refractivity contribution in [3.05, 3.63) is 17.0 Å². The molecular weight excluding hydrogens is 276 g/mol. The van der Waals surface area contributed by atoms with Crippen molar-refractivity contribution in [1.29, 1.82) is 0 Å². The summed E-state index contributed by atoms with van der Waals surface area (Å²) >= 11 is 0. The molecule has 0 aliphatic heterocycles. The highest BCUT2D eigenvalue weighted by Gasteiger charge is 2.15. The molecule has 1 rings (SSSR count). The van der Waals surface area contributed by atoms with E-state index in [0.29, 0.717) is 18.9 Å². The number of nitrogens with one attached hydrogen (secondary N) is 1. The molecule has 0 aliphatic carbocycles. The van der Waals surface area contributed by atoms with E-state index in [2.05, 4.69) is 49.9 Å². The zero-order chi connectivity index (χ0) is 16.7. The van der Waals surface area contributed by atoms with E-state index in [1.54, 1.807) is 0 Å². The van der Waals surface area contributed by atoms with E-state index in [1.807, 2.05) is 11.6 Å². The number of nitrogens with zero attached hydrogens (tertiary/aromatic N) is 3. The minimum atomic E-state index is 0.0856. The Hall–Kier alpha value is -1.36. The fraction of sp³-hybridized carbons (Fsp3) is 0.765. The molecule has 0 saturated heterocycles. The molecule has 22 heavy (non-hydrogen) atoms. The maximum atomic E-state index is 12.1. The lowest BCUT2D eigenvalue weighted by molar-refractivity contribution is -0.120. The molecule has 0 aromatic carbocycles. The van der Waals surface area contributed by atoms with E-state index in [9.17, 15) is 4.79 Å². The summed E-state index contributed by atoms with van der Waals surface area (Å²) in [6.07, 6.45) is 0.425. The molecule has 0 fully saturated rings. The Labute approximate surface area is 135 Å². The first-order valence-electron chi connectivity index (χ1n) is 8.40. The van der Waals surface area contributed by atoms with Gasteiger partial charge in [-0.1, -0.05) is 27.7 Å². The Kier molecular flexibility index (Phi) is 7.59. The molecule has 0 atom stereocenters. The number of hydrogen-bond donors (Lipinski definition) is 1.